The lowest BCUT2D eigenvalue weighted by atomic mass is 10.1. The molecule has 2 aromatic carbocycles. The van der Waals surface area contributed by atoms with E-state index in [0.717, 1.165) is 17.0 Å². The predicted molar refractivity (Wildman–Crippen MR) is 94.8 cm³/mol. The minimum absolute atomic E-state index is 0.300. The van der Waals surface area contributed by atoms with Crippen LogP contribution in [0.25, 0.3) is 11.3 Å². The molecule has 5 nitrogen and oxygen atoms in total. The third kappa shape index (κ3) is 4.30. The lowest BCUT2D eigenvalue weighted by Crippen LogP contribution is -2.28. The van der Waals surface area contributed by atoms with Gasteiger partial charge in [0, 0.05) is 16.3 Å². The Balaban J connectivity index is 1.61. The summed E-state index contributed by atoms with van der Waals surface area (Å²) < 4.78 is 0. The molecular weight excluding hydrogens is 324 g/mol. The summed E-state index contributed by atoms with van der Waals surface area (Å²) in [7, 11) is 0. The van der Waals surface area contributed by atoms with Crippen molar-refractivity contribution < 1.29 is 4.79 Å². The summed E-state index contributed by atoms with van der Waals surface area (Å²) in [6.07, 6.45) is 1.49. The van der Waals surface area contributed by atoms with Crippen molar-refractivity contribution in [1.29, 1.82) is 0 Å². The fourth-order valence-electron chi connectivity index (χ4n) is 2.17. The fraction of sp³-hybridized carbons (Fsp3) is 0.0556. The normalized spacial score (nSPS) is 10.2. The Morgan fingerprint density at radius 1 is 1.00 bits per heavy atom. The van der Waals surface area contributed by atoms with Gasteiger partial charge in [0.05, 0.1) is 17.9 Å². The number of hydrogen-bond donors (Lipinski definition) is 2. The molecule has 0 atom stereocenters. The number of hydrogen-bond acceptors (Lipinski definition) is 3. The highest BCUT2D eigenvalue weighted by molar-refractivity contribution is 6.30. The standard InChI is InChI=1S/C18H15ClN4O/c19-14-7-4-8-15(9-14)23-18(24)20-11-16-10-17(22-12-21-16)13-5-2-1-3-6-13/h1-10,12H,11H2,(H2,20,23,24). The van der Waals surface area contributed by atoms with Crippen molar-refractivity contribution in [1.82, 2.24) is 15.3 Å². The molecule has 6 heteroatoms. The van der Waals surface area contributed by atoms with Gasteiger partial charge < -0.3 is 10.6 Å². The topological polar surface area (TPSA) is 66.9 Å². The van der Waals surface area contributed by atoms with Crippen LogP contribution >= 0.6 is 11.6 Å². The molecule has 0 fully saturated rings. The SMILES string of the molecule is O=C(NCc1cc(-c2ccccc2)ncn1)Nc1cccc(Cl)c1. The second kappa shape index (κ2) is 7.57. The molecule has 3 rings (SSSR count). The van der Waals surface area contributed by atoms with Gasteiger partial charge in [-0.3, -0.25) is 0 Å². The van der Waals surface area contributed by atoms with Crippen molar-refractivity contribution in [3.05, 3.63) is 77.7 Å². The van der Waals surface area contributed by atoms with E-state index in [4.69, 9.17) is 11.6 Å². The number of anilines is 1. The molecule has 120 valence electrons. The summed E-state index contributed by atoms with van der Waals surface area (Å²) in [6.45, 7) is 0.300. The van der Waals surface area contributed by atoms with Gasteiger partial charge in [-0.2, -0.15) is 0 Å². The summed E-state index contributed by atoms with van der Waals surface area (Å²) >= 11 is 5.89. The number of nitrogens with one attached hydrogen (secondary N) is 2. The zero-order valence-electron chi connectivity index (χ0n) is 12.7. The van der Waals surface area contributed by atoms with Crippen LogP contribution in [0.5, 0.6) is 0 Å². The molecule has 0 unspecified atom stereocenters. The van der Waals surface area contributed by atoms with Gasteiger partial charge >= 0.3 is 6.03 Å². The molecule has 3 aromatic rings. The van der Waals surface area contributed by atoms with Crippen molar-refractivity contribution in [3.8, 4) is 11.3 Å². The molecule has 1 heterocycles. The van der Waals surface area contributed by atoms with Crippen LogP contribution in [-0.4, -0.2) is 16.0 Å². The van der Waals surface area contributed by atoms with Gasteiger partial charge in [0.1, 0.15) is 6.33 Å². The monoisotopic (exact) mass is 338 g/mol. The number of rotatable bonds is 4. The lowest BCUT2D eigenvalue weighted by Gasteiger charge is -2.08. The number of nitrogens with zero attached hydrogens (tertiary/aromatic N) is 2. The molecule has 1 aromatic heterocycles. The molecular formula is C18H15ClN4O. The molecule has 0 aliphatic carbocycles. The van der Waals surface area contributed by atoms with E-state index in [1.54, 1.807) is 24.3 Å². The molecule has 0 spiro atoms. The van der Waals surface area contributed by atoms with Crippen molar-refractivity contribution in [2.75, 3.05) is 5.32 Å². The van der Waals surface area contributed by atoms with E-state index >= 15 is 0 Å². The lowest BCUT2D eigenvalue weighted by molar-refractivity contribution is 0.251. The smallest absolute Gasteiger partial charge is 0.319 e. The Bertz CT molecular complexity index is 839. The molecule has 2 N–H and O–H groups in total. The summed E-state index contributed by atoms with van der Waals surface area (Å²) in [4.78, 5) is 20.4. The zero-order chi connectivity index (χ0) is 16.8. The Morgan fingerprint density at radius 3 is 2.62 bits per heavy atom. The Labute approximate surface area is 144 Å². The molecule has 0 saturated heterocycles. The van der Waals surface area contributed by atoms with Crippen molar-refractivity contribution in [2.45, 2.75) is 6.54 Å². The van der Waals surface area contributed by atoms with Crippen LogP contribution < -0.4 is 10.6 Å². The van der Waals surface area contributed by atoms with Crippen LogP contribution in [0, 0.1) is 0 Å². The van der Waals surface area contributed by atoms with Gasteiger partial charge in [-0.25, -0.2) is 14.8 Å². The summed E-state index contributed by atoms with van der Waals surface area (Å²) in [6, 6.07) is 18.3. The summed E-state index contributed by atoms with van der Waals surface area (Å²) in [5.41, 5.74) is 3.18. The van der Waals surface area contributed by atoms with Crippen LogP contribution in [0.2, 0.25) is 5.02 Å². The molecule has 0 saturated carbocycles. The molecule has 0 aliphatic rings. The highest BCUT2D eigenvalue weighted by Crippen LogP contribution is 2.16. The first kappa shape index (κ1) is 16.0. The van der Waals surface area contributed by atoms with E-state index in [2.05, 4.69) is 20.6 Å². The van der Waals surface area contributed by atoms with Gasteiger partial charge in [0.25, 0.3) is 0 Å². The van der Waals surface area contributed by atoms with Crippen LogP contribution in [0.1, 0.15) is 5.69 Å². The first-order chi connectivity index (χ1) is 11.7. The average Bonchev–Trinajstić information content (AvgIpc) is 2.61. The minimum atomic E-state index is -0.322. The van der Waals surface area contributed by atoms with Crippen molar-refractivity contribution in [3.63, 3.8) is 0 Å². The summed E-state index contributed by atoms with van der Waals surface area (Å²) in [5, 5.41) is 6.05. The van der Waals surface area contributed by atoms with E-state index in [0.29, 0.717) is 17.3 Å². The predicted octanol–water partition coefficient (Wildman–Crippen LogP) is 4.12. The number of amides is 2. The minimum Gasteiger partial charge on any atom is -0.332 e. The second-order valence-electron chi connectivity index (χ2n) is 5.08. The number of carbonyl (C=O) groups excluding carboxylic acids is 1. The maximum absolute atomic E-state index is 11.9. The average molecular weight is 339 g/mol. The maximum Gasteiger partial charge on any atom is 0.319 e. The van der Waals surface area contributed by atoms with Crippen LogP contribution in [-0.2, 0) is 6.54 Å². The maximum atomic E-state index is 11.9. The van der Waals surface area contributed by atoms with Gasteiger partial charge in [-0.15, -0.1) is 0 Å². The first-order valence-electron chi connectivity index (χ1n) is 7.37. The Hall–Kier alpha value is -2.92. The van der Waals surface area contributed by atoms with E-state index in [1.165, 1.54) is 6.33 Å². The summed E-state index contributed by atoms with van der Waals surface area (Å²) in [5.74, 6) is 0. The largest absolute Gasteiger partial charge is 0.332 e. The quantitative estimate of drug-likeness (QED) is 0.752. The number of halogens is 1. The van der Waals surface area contributed by atoms with E-state index in [1.807, 2.05) is 36.4 Å². The fourth-order valence-corrected chi connectivity index (χ4v) is 2.36. The Kier molecular flexibility index (Phi) is 5.03. The van der Waals surface area contributed by atoms with Gasteiger partial charge in [-0.1, -0.05) is 48.0 Å². The molecule has 24 heavy (non-hydrogen) atoms. The zero-order valence-corrected chi connectivity index (χ0v) is 13.5. The number of urea groups is 1. The molecule has 0 bridgehead atoms. The first-order valence-corrected chi connectivity index (χ1v) is 7.75. The van der Waals surface area contributed by atoms with Crippen molar-refractivity contribution in [2.24, 2.45) is 0 Å². The van der Waals surface area contributed by atoms with Gasteiger partial charge in [0.2, 0.25) is 0 Å². The number of aromatic nitrogens is 2. The third-order valence-corrected chi connectivity index (χ3v) is 3.54. The molecule has 0 aliphatic heterocycles. The highest BCUT2D eigenvalue weighted by atomic mass is 35.5. The Morgan fingerprint density at radius 2 is 1.83 bits per heavy atom. The van der Waals surface area contributed by atoms with Gasteiger partial charge in [0.15, 0.2) is 0 Å². The number of carbonyl (C=O) groups is 1. The highest BCUT2D eigenvalue weighted by Gasteiger charge is 2.05. The van der Waals surface area contributed by atoms with E-state index < -0.39 is 0 Å². The second-order valence-corrected chi connectivity index (χ2v) is 5.52. The van der Waals surface area contributed by atoms with Crippen molar-refractivity contribution >= 4 is 23.3 Å². The molecule has 2 amide bonds. The number of benzene rings is 2. The van der Waals surface area contributed by atoms with E-state index in [9.17, 15) is 4.79 Å². The molecule has 0 radical (unpaired) electrons. The van der Waals surface area contributed by atoms with Crippen LogP contribution in [0.15, 0.2) is 67.0 Å². The van der Waals surface area contributed by atoms with Crippen LogP contribution in [0.3, 0.4) is 0 Å². The third-order valence-electron chi connectivity index (χ3n) is 3.31. The van der Waals surface area contributed by atoms with Gasteiger partial charge in [-0.05, 0) is 24.3 Å². The van der Waals surface area contributed by atoms with E-state index in [-0.39, 0.29) is 6.03 Å². The van der Waals surface area contributed by atoms with Crippen LogP contribution in [0.4, 0.5) is 10.5 Å².